The molecular formula is C16H17F3N4O. The summed E-state index contributed by atoms with van der Waals surface area (Å²) in [6.45, 7) is 3.95. The zero-order valence-electron chi connectivity index (χ0n) is 13.1. The van der Waals surface area contributed by atoms with E-state index < -0.39 is 11.7 Å². The largest absolute Gasteiger partial charge is 0.417 e. The Balaban J connectivity index is 1.63. The Bertz CT molecular complexity index is 716. The van der Waals surface area contributed by atoms with Gasteiger partial charge >= 0.3 is 6.18 Å². The first-order valence-corrected chi connectivity index (χ1v) is 7.57. The minimum atomic E-state index is -4.38. The fraction of sp³-hybridized carbons (Fsp3) is 0.375. The molecule has 1 saturated heterocycles. The zero-order valence-corrected chi connectivity index (χ0v) is 13.1. The Morgan fingerprint density at radius 1 is 1.17 bits per heavy atom. The van der Waals surface area contributed by atoms with Gasteiger partial charge in [0.25, 0.3) is 5.91 Å². The topological polar surface area (TPSA) is 52.2 Å². The third-order valence-corrected chi connectivity index (χ3v) is 4.15. The van der Waals surface area contributed by atoms with Crippen molar-refractivity contribution in [1.82, 2.24) is 14.9 Å². The van der Waals surface area contributed by atoms with Crippen LogP contribution in [0.25, 0.3) is 0 Å². The molecule has 0 atom stereocenters. The van der Waals surface area contributed by atoms with E-state index in [1.54, 1.807) is 17.3 Å². The molecule has 0 unspecified atom stereocenters. The number of rotatable bonds is 2. The molecule has 128 valence electrons. The van der Waals surface area contributed by atoms with Gasteiger partial charge in [0.05, 0.1) is 11.1 Å². The predicted molar refractivity (Wildman–Crippen MR) is 82.9 cm³/mol. The van der Waals surface area contributed by atoms with Crippen LogP contribution in [0.2, 0.25) is 0 Å². The van der Waals surface area contributed by atoms with Gasteiger partial charge in [-0.2, -0.15) is 13.2 Å². The molecule has 2 aromatic heterocycles. The number of aryl methyl sites for hydroxylation is 1. The van der Waals surface area contributed by atoms with Crippen LogP contribution in [0.4, 0.5) is 19.0 Å². The lowest BCUT2D eigenvalue weighted by atomic mass is 10.2. The first-order valence-electron chi connectivity index (χ1n) is 7.57. The molecule has 1 N–H and O–H groups in total. The maximum atomic E-state index is 12.6. The Labute approximate surface area is 137 Å². The van der Waals surface area contributed by atoms with Gasteiger partial charge in [-0.15, -0.1) is 0 Å². The summed E-state index contributed by atoms with van der Waals surface area (Å²) < 4.78 is 37.7. The van der Waals surface area contributed by atoms with E-state index in [-0.39, 0.29) is 5.91 Å². The van der Waals surface area contributed by atoms with E-state index in [2.05, 4.69) is 9.97 Å². The van der Waals surface area contributed by atoms with Crippen LogP contribution < -0.4 is 4.90 Å². The first-order chi connectivity index (χ1) is 11.4. The molecule has 1 aliphatic rings. The molecule has 8 heteroatoms. The molecule has 1 amide bonds. The summed E-state index contributed by atoms with van der Waals surface area (Å²) in [5.74, 6) is 0.460. The smallest absolute Gasteiger partial charge is 0.367 e. The molecule has 0 aliphatic carbocycles. The van der Waals surface area contributed by atoms with E-state index in [9.17, 15) is 18.0 Å². The molecule has 1 aliphatic heterocycles. The number of piperazine rings is 1. The number of nitrogens with zero attached hydrogens (tertiary/aromatic N) is 3. The summed E-state index contributed by atoms with van der Waals surface area (Å²) in [4.78, 5) is 22.9. The van der Waals surface area contributed by atoms with Gasteiger partial charge in [-0.1, -0.05) is 0 Å². The third-order valence-electron chi connectivity index (χ3n) is 4.15. The highest BCUT2D eigenvalue weighted by Gasteiger charge is 2.31. The second-order valence-corrected chi connectivity index (χ2v) is 5.73. The Morgan fingerprint density at radius 2 is 1.88 bits per heavy atom. The lowest BCUT2D eigenvalue weighted by Gasteiger charge is -2.35. The van der Waals surface area contributed by atoms with Crippen molar-refractivity contribution in [2.75, 3.05) is 31.1 Å². The van der Waals surface area contributed by atoms with Crippen molar-refractivity contribution in [2.24, 2.45) is 0 Å². The van der Waals surface area contributed by atoms with Gasteiger partial charge in [-0.25, -0.2) is 4.98 Å². The number of aromatic amines is 1. The maximum Gasteiger partial charge on any atom is 0.417 e. The number of amides is 1. The van der Waals surface area contributed by atoms with E-state index in [1.807, 2.05) is 11.8 Å². The highest BCUT2D eigenvalue weighted by Crippen LogP contribution is 2.29. The first kappa shape index (κ1) is 16.4. The van der Waals surface area contributed by atoms with Gasteiger partial charge in [-0.05, 0) is 24.6 Å². The van der Waals surface area contributed by atoms with Gasteiger partial charge in [0.15, 0.2) is 0 Å². The molecule has 0 saturated carbocycles. The van der Waals surface area contributed by atoms with Crippen molar-refractivity contribution in [3.05, 3.63) is 47.4 Å². The number of hydrogen-bond donors (Lipinski definition) is 1. The highest BCUT2D eigenvalue weighted by atomic mass is 19.4. The Hall–Kier alpha value is -2.51. The Kier molecular flexibility index (Phi) is 4.21. The fourth-order valence-corrected chi connectivity index (χ4v) is 2.72. The number of hydrogen-bond acceptors (Lipinski definition) is 3. The molecule has 0 aromatic carbocycles. The minimum Gasteiger partial charge on any atom is -0.367 e. The standard InChI is InChI=1S/C16H17F3N4O/c1-11-8-20-10-13(11)15(24)23-6-4-22(5-7-23)14-3-2-12(9-21-14)16(17,18)19/h2-3,8-10,20H,4-7H2,1H3. The molecule has 5 nitrogen and oxygen atoms in total. The number of aromatic nitrogens is 2. The van der Waals surface area contributed by atoms with Gasteiger partial charge in [0, 0.05) is 44.8 Å². The molecule has 0 bridgehead atoms. The van der Waals surface area contributed by atoms with Crippen LogP contribution in [0, 0.1) is 6.92 Å². The molecule has 0 radical (unpaired) electrons. The van der Waals surface area contributed by atoms with Crippen LogP contribution in [0.1, 0.15) is 21.5 Å². The number of carbonyl (C=O) groups is 1. The molecule has 3 rings (SSSR count). The summed E-state index contributed by atoms with van der Waals surface area (Å²) in [5, 5.41) is 0. The Morgan fingerprint density at radius 3 is 2.38 bits per heavy atom. The maximum absolute atomic E-state index is 12.6. The zero-order chi connectivity index (χ0) is 17.3. The van der Waals surface area contributed by atoms with Gasteiger partial charge in [0.1, 0.15) is 5.82 Å². The van der Waals surface area contributed by atoms with E-state index >= 15 is 0 Å². The third kappa shape index (κ3) is 3.22. The summed E-state index contributed by atoms with van der Waals surface area (Å²) in [5.41, 5.74) is 0.783. The molecule has 2 aromatic rings. The number of alkyl halides is 3. The van der Waals surface area contributed by atoms with Crippen LogP contribution in [0.15, 0.2) is 30.7 Å². The second-order valence-electron chi connectivity index (χ2n) is 5.73. The van der Waals surface area contributed by atoms with Crippen LogP contribution in [-0.2, 0) is 6.18 Å². The van der Waals surface area contributed by atoms with Crippen LogP contribution in [-0.4, -0.2) is 47.0 Å². The fourth-order valence-electron chi connectivity index (χ4n) is 2.72. The van der Waals surface area contributed by atoms with Crippen molar-refractivity contribution >= 4 is 11.7 Å². The van der Waals surface area contributed by atoms with Crippen molar-refractivity contribution in [1.29, 1.82) is 0 Å². The van der Waals surface area contributed by atoms with Gasteiger partial charge < -0.3 is 14.8 Å². The molecule has 24 heavy (non-hydrogen) atoms. The summed E-state index contributed by atoms with van der Waals surface area (Å²) in [6, 6.07) is 2.40. The minimum absolute atomic E-state index is 0.0335. The number of nitrogens with one attached hydrogen (secondary N) is 1. The molecular weight excluding hydrogens is 321 g/mol. The number of H-pyrrole nitrogens is 1. The van der Waals surface area contributed by atoms with Crippen LogP contribution in [0.3, 0.4) is 0 Å². The predicted octanol–water partition coefficient (Wildman–Crippen LogP) is 2.70. The number of halogens is 3. The summed E-state index contributed by atoms with van der Waals surface area (Å²) in [6.07, 6.45) is -0.0852. The molecule has 3 heterocycles. The molecule has 1 fully saturated rings. The average molecular weight is 338 g/mol. The summed E-state index contributed by atoms with van der Waals surface area (Å²) in [7, 11) is 0. The van der Waals surface area contributed by atoms with Crippen molar-refractivity contribution in [2.45, 2.75) is 13.1 Å². The van der Waals surface area contributed by atoms with Crippen LogP contribution >= 0.6 is 0 Å². The summed E-state index contributed by atoms with van der Waals surface area (Å²) >= 11 is 0. The average Bonchev–Trinajstić information content (AvgIpc) is 3.00. The van der Waals surface area contributed by atoms with Crippen molar-refractivity contribution in [3.63, 3.8) is 0 Å². The highest BCUT2D eigenvalue weighted by molar-refractivity contribution is 5.95. The lowest BCUT2D eigenvalue weighted by Crippen LogP contribution is -2.49. The second kappa shape index (κ2) is 6.18. The van der Waals surface area contributed by atoms with Gasteiger partial charge in [0.2, 0.25) is 0 Å². The number of anilines is 1. The number of carbonyl (C=O) groups excluding carboxylic acids is 1. The van der Waals surface area contributed by atoms with Crippen LogP contribution in [0.5, 0.6) is 0 Å². The van der Waals surface area contributed by atoms with E-state index in [0.29, 0.717) is 37.6 Å². The van der Waals surface area contributed by atoms with E-state index in [1.165, 1.54) is 6.07 Å². The van der Waals surface area contributed by atoms with Crippen molar-refractivity contribution in [3.8, 4) is 0 Å². The monoisotopic (exact) mass is 338 g/mol. The quantitative estimate of drug-likeness (QED) is 0.916. The normalized spacial score (nSPS) is 15.7. The van der Waals surface area contributed by atoms with Gasteiger partial charge in [-0.3, -0.25) is 4.79 Å². The van der Waals surface area contributed by atoms with E-state index in [0.717, 1.165) is 17.8 Å². The van der Waals surface area contributed by atoms with Crippen molar-refractivity contribution < 1.29 is 18.0 Å². The number of pyridine rings is 1. The SMILES string of the molecule is Cc1c[nH]cc1C(=O)N1CCN(c2ccc(C(F)(F)F)cn2)CC1. The molecule has 0 spiro atoms. The lowest BCUT2D eigenvalue weighted by molar-refractivity contribution is -0.137. The van der Waals surface area contributed by atoms with E-state index in [4.69, 9.17) is 0 Å².